The molecule has 3 rings (SSSR count). The number of amides is 2. The zero-order chi connectivity index (χ0) is 22.4. The Kier molecular flexibility index (Phi) is 7.65. The fourth-order valence-corrected chi connectivity index (χ4v) is 5.05. The summed E-state index contributed by atoms with van der Waals surface area (Å²) in [5, 5.41) is 4.60. The fraction of sp³-hybridized carbons (Fsp3) is 0.316. The molecule has 1 aliphatic heterocycles. The lowest BCUT2D eigenvalue weighted by Gasteiger charge is -2.33. The molecule has 2 aromatic rings. The third-order valence-corrected chi connectivity index (χ3v) is 7.57. The van der Waals surface area contributed by atoms with Crippen LogP contribution in [0.2, 0.25) is 5.02 Å². The van der Waals surface area contributed by atoms with Crippen molar-refractivity contribution in [2.75, 3.05) is 39.3 Å². The van der Waals surface area contributed by atoms with Crippen LogP contribution in [0.1, 0.15) is 9.67 Å². The molecule has 0 saturated carbocycles. The summed E-state index contributed by atoms with van der Waals surface area (Å²) in [4.78, 5) is 37.9. The molecule has 9 nitrogen and oxygen atoms in total. The summed E-state index contributed by atoms with van der Waals surface area (Å²) in [5.74, 6) is -1.56. The summed E-state index contributed by atoms with van der Waals surface area (Å²) in [6.07, 6.45) is 0. The maximum absolute atomic E-state index is 12.7. The number of thiophene rings is 1. The molecule has 1 N–H and O–H groups in total. The van der Waals surface area contributed by atoms with Gasteiger partial charge in [0.2, 0.25) is 10.0 Å². The van der Waals surface area contributed by atoms with Crippen molar-refractivity contribution in [3.63, 3.8) is 0 Å². The number of halogens is 1. The number of rotatable bonds is 7. The fourth-order valence-electron chi connectivity index (χ4n) is 2.87. The predicted molar refractivity (Wildman–Crippen MR) is 114 cm³/mol. The summed E-state index contributed by atoms with van der Waals surface area (Å²) in [5.41, 5.74) is 0. The van der Waals surface area contributed by atoms with E-state index in [-0.39, 0.29) is 37.6 Å². The topological polar surface area (TPSA) is 113 Å². The first-order chi connectivity index (χ1) is 14.8. The first kappa shape index (κ1) is 23.2. The molecule has 1 fully saturated rings. The highest BCUT2D eigenvalue weighted by Crippen LogP contribution is 2.20. The predicted octanol–water partition coefficient (Wildman–Crippen LogP) is 1.21. The van der Waals surface area contributed by atoms with E-state index in [0.717, 1.165) is 0 Å². The molecular formula is C19H20ClN3O6S2. The lowest BCUT2D eigenvalue weighted by atomic mass is 10.3. The van der Waals surface area contributed by atoms with Crippen LogP contribution >= 0.6 is 22.9 Å². The van der Waals surface area contributed by atoms with Gasteiger partial charge in [0, 0.05) is 31.2 Å². The van der Waals surface area contributed by atoms with Gasteiger partial charge in [-0.05, 0) is 35.7 Å². The number of esters is 1. The van der Waals surface area contributed by atoms with Gasteiger partial charge < -0.3 is 15.0 Å². The number of sulfonamides is 1. The number of hydrogen-bond donors (Lipinski definition) is 1. The molecule has 1 saturated heterocycles. The van der Waals surface area contributed by atoms with Crippen LogP contribution < -0.4 is 5.32 Å². The summed E-state index contributed by atoms with van der Waals surface area (Å²) in [7, 11) is -3.68. The highest BCUT2D eigenvalue weighted by molar-refractivity contribution is 7.89. The molecule has 166 valence electrons. The summed E-state index contributed by atoms with van der Waals surface area (Å²) >= 11 is 7.05. The van der Waals surface area contributed by atoms with Gasteiger partial charge in [0.25, 0.3) is 11.8 Å². The van der Waals surface area contributed by atoms with Gasteiger partial charge in [0.15, 0.2) is 6.61 Å². The van der Waals surface area contributed by atoms with Crippen molar-refractivity contribution < 1.29 is 27.5 Å². The Bertz CT molecular complexity index is 1030. The SMILES string of the molecule is O=C(CNC(=O)c1cccs1)OCC(=O)N1CCN(S(=O)(=O)c2ccc(Cl)cc2)CC1. The molecule has 0 unspecified atom stereocenters. The monoisotopic (exact) mass is 485 g/mol. The van der Waals surface area contributed by atoms with E-state index in [9.17, 15) is 22.8 Å². The van der Waals surface area contributed by atoms with Crippen LogP contribution in [0.3, 0.4) is 0 Å². The van der Waals surface area contributed by atoms with Crippen LogP contribution in [0.15, 0.2) is 46.7 Å². The van der Waals surface area contributed by atoms with E-state index in [0.29, 0.717) is 9.90 Å². The summed E-state index contributed by atoms with van der Waals surface area (Å²) < 4.78 is 31.6. The average molecular weight is 486 g/mol. The zero-order valence-corrected chi connectivity index (χ0v) is 18.7. The Morgan fingerprint density at radius 2 is 1.74 bits per heavy atom. The van der Waals surface area contributed by atoms with Crippen molar-refractivity contribution in [3.05, 3.63) is 51.7 Å². The van der Waals surface area contributed by atoms with Gasteiger partial charge >= 0.3 is 5.97 Å². The maximum Gasteiger partial charge on any atom is 0.325 e. The molecule has 12 heteroatoms. The quantitative estimate of drug-likeness (QED) is 0.590. The molecule has 0 spiro atoms. The van der Waals surface area contributed by atoms with Crippen molar-refractivity contribution >= 4 is 50.7 Å². The molecule has 1 aromatic carbocycles. The van der Waals surface area contributed by atoms with Crippen molar-refractivity contribution in [3.8, 4) is 0 Å². The van der Waals surface area contributed by atoms with E-state index < -0.39 is 34.4 Å². The van der Waals surface area contributed by atoms with E-state index in [1.165, 1.54) is 44.8 Å². The Labute approximate surface area is 188 Å². The second-order valence-electron chi connectivity index (χ2n) is 6.56. The lowest BCUT2D eigenvalue weighted by molar-refractivity contribution is -0.151. The third-order valence-electron chi connectivity index (χ3n) is 4.54. The largest absolute Gasteiger partial charge is 0.454 e. The van der Waals surface area contributed by atoms with Gasteiger partial charge in [-0.25, -0.2) is 8.42 Å². The van der Waals surface area contributed by atoms with Crippen molar-refractivity contribution in [2.45, 2.75) is 4.90 Å². The minimum Gasteiger partial charge on any atom is -0.454 e. The molecule has 31 heavy (non-hydrogen) atoms. The smallest absolute Gasteiger partial charge is 0.325 e. The Balaban J connectivity index is 1.42. The van der Waals surface area contributed by atoms with Gasteiger partial charge in [0.05, 0.1) is 9.77 Å². The van der Waals surface area contributed by atoms with E-state index in [2.05, 4.69) is 5.32 Å². The first-order valence-electron chi connectivity index (χ1n) is 9.28. The number of nitrogens with zero attached hydrogens (tertiary/aromatic N) is 2. The van der Waals surface area contributed by atoms with Crippen LogP contribution in [0.25, 0.3) is 0 Å². The van der Waals surface area contributed by atoms with Crippen LogP contribution in [0.5, 0.6) is 0 Å². The molecule has 0 radical (unpaired) electrons. The molecule has 0 atom stereocenters. The normalized spacial score (nSPS) is 14.8. The van der Waals surface area contributed by atoms with E-state index in [1.807, 2.05) is 0 Å². The Morgan fingerprint density at radius 1 is 1.06 bits per heavy atom. The van der Waals surface area contributed by atoms with Gasteiger partial charge in [-0.15, -0.1) is 11.3 Å². The molecule has 1 aliphatic rings. The van der Waals surface area contributed by atoms with Crippen LogP contribution in [-0.4, -0.2) is 74.7 Å². The molecule has 0 aliphatic carbocycles. The van der Waals surface area contributed by atoms with Crippen molar-refractivity contribution in [1.82, 2.24) is 14.5 Å². The first-order valence-corrected chi connectivity index (χ1v) is 12.0. The van der Waals surface area contributed by atoms with Gasteiger partial charge in [0.1, 0.15) is 6.54 Å². The van der Waals surface area contributed by atoms with Gasteiger partial charge in [-0.1, -0.05) is 17.7 Å². The molecule has 2 heterocycles. The molecule has 0 bridgehead atoms. The average Bonchev–Trinajstić information content (AvgIpc) is 3.31. The highest BCUT2D eigenvalue weighted by atomic mass is 35.5. The third kappa shape index (κ3) is 6.03. The van der Waals surface area contributed by atoms with E-state index in [4.69, 9.17) is 16.3 Å². The maximum atomic E-state index is 12.7. The van der Waals surface area contributed by atoms with Gasteiger partial charge in [-0.3, -0.25) is 14.4 Å². The van der Waals surface area contributed by atoms with E-state index in [1.54, 1.807) is 17.5 Å². The standard InChI is InChI=1S/C19H20ClN3O6S2/c20-14-3-5-15(6-4-14)31(27,28)23-9-7-22(8-10-23)17(24)13-29-18(25)12-21-19(26)16-2-1-11-30-16/h1-6,11H,7-10,12-13H2,(H,21,26). The number of carbonyl (C=O) groups excluding carboxylic acids is 3. The van der Waals surface area contributed by atoms with Crippen LogP contribution in [0.4, 0.5) is 0 Å². The summed E-state index contributed by atoms with van der Waals surface area (Å²) in [6.45, 7) is -0.214. The molecular weight excluding hydrogens is 466 g/mol. The number of benzene rings is 1. The van der Waals surface area contributed by atoms with Crippen molar-refractivity contribution in [2.24, 2.45) is 0 Å². The number of piperazine rings is 1. The number of ether oxygens (including phenoxy) is 1. The Hall–Kier alpha value is -2.47. The van der Waals surface area contributed by atoms with Gasteiger partial charge in [-0.2, -0.15) is 4.31 Å². The Morgan fingerprint density at radius 3 is 2.35 bits per heavy atom. The number of hydrogen-bond acceptors (Lipinski definition) is 7. The number of nitrogens with one attached hydrogen (secondary N) is 1. The minimum absolute atomic E-state index is 0.127. The number of carbonyl (C=O) groups is 3. The van der Waals surface area contributed by atoms with E-state index >= 15 is 0 Å². The zero-order valence-electron chi connectivity index (χ0n) is 16.3. The second-order valence-corrected chi connectivity index (χ2v) is 9.88. The second kappa shape index (κ2) is 10.2. The molecule has 1 aromatic heterocycles. The van der Waals surface area contributed by atoms with Crippen molar-refractivity contribution in [1.29, 1.82) is 0 Å². The summed E-state index contributed by atoms with van der Waals surface area (Å²) in [6, 6.07) is 9.23. The molecule has 2 amide bonds. The van der Waals surface area contributed by atoms with Crippen LogP contribution in [-0.2, 0) is 24.3 Å². The lowest BCUT2D eigenvalue weighted by Crippen LogP contribution is -2.51. The van der Waals surface area contributed by atoms with Crippen LogP contribution in [0, 0.1) is 0 Å². The highest BCUT2D eigenvalue weighted by Gasteiger charge is 2.30. The minimum atomic E-state index is -3.68.